The van der Waals surface area contributed by atoms with E-state index in [0.717, 1.165) is 24.3 Å². The van der Waals surface area contributed by atoms with Gasteiger partial charge in [0.1, 0.15) is 0 Å². The van der Waals surface area contributed by atoms with Gasteiger partial charge in [-0.15, -0.1) is 0 Å². The number of nitrogens with one attached hydrogen (secondary N) is 2. The van der Waals surface area contributed by atoms with Gasteiger partial charge in [0.25, 0.3) is 0 Å². The third-order valence-electron chi connectivity index (χ3n) is 4.19. The standard InChI is InChI=1S/C16H21N3O/c1-11(20)18-13-3-4-16-14(9-13)15(10-17-16)12-5-7-19(2)8-6-12/h3-4,9-10,12,17H,5-8H2,1-2H3,(H,18,20). The first-order valence-corrected chi connectivity index (χ1v) is 7.20. The Morgan fingerprint density at radius 3 is 2.80 bits per heavy atom. The highest BCUT2D eigenvalue weighted by Gasteiger charge is 2.21. The van der Waals surface area contributed by atoms with Gasteiger partial charge in [0, 0.05) is 29.7 Å². The zero-order valence-corrected chi connectivity index (χ0v) is 12.1. The van der Waals surface area contributed by atoms with E-state index in [0.29, 0.717) is 5.92 Å². The monoisotopic (exact) mass is 271 g/mol. The van der Waals surface area contributed by atoms with Crippen molar-refractivity contribution in [2.75, 3.05) is 25.5 Å². The van der Waals surface area contributed by atoms with Crippen LogP contribution in [0.1, 0.15) is 31.2 Å². The number of fused-ring (bicyclic) bond motifs is 1. The summed E-state index contributed by atoms with van der Waals surface area (Å²) in [6.07, 6.45) is 4.54. The molecule has 1 fully saturated rings. The summed E-state index contributed by atoms with van der Waals surface area (Å²) in [7, 11) is 2.18. The summed E-state index contributed by atoms with van der Waals surface area (Å²) < 4.78 is 0. The van der Waals surface area contributed by atoms with E-state index in [-0.39, 0.29) is 5.91 Å². The second-order valence-corrected chi connectivity index (χ2v) is 5.76. The molecule has 1 amide bonds. The van der Waals surface area contributed by atoms with Crippen molar-refractivity contribution in [3.63, 3.8) is 0 Å². The van der Waals surface area contributed by atoms with E-state index in [1.54, 1.807) is 6.92 Å². The van der Waals surface area contributed by atoms with Crippen molar-refractivity contribution in [2.45, 2.75) is 25.7 Å². The normalized spacial score (nSPS) is 17.5. The van der Waals surface area contributed by atoms with Gasteiger partial charge in [-0.2, -0.15) is 0 Å². The number of carbonyl (C=O) groups excluding carboxylic acids is 1. The van der Waals surface area contributed by atoms with Crippen LogP contribution in [0.15, 0.2) is 24.4 Å². The maximum atomic E-state index is 11.2. The molecular weight excluding hydrogens is 250 g/mol. The Kier molecular flexibility index (Phi) is 3.49. The summed E-state index contributed by atoms with van der Waals surface area (Å²) in [4.78, 5) is 16.9. The molecule has 2 aromatic rings. The van der Waals surface area contributed by atoms with Crippen molar-refractivity contribution in [3.05, 3.63) is 30.0 Å². The number of aromatic nitrogens is 1. The third-order valence-corrected chi connectivity index (χ3v) is 4.19. The summed E-state index contributed by atoms with van der Waals surface area (Å²) in [5.41, 5.74) is 3.41. The summed E-state index contributed by atoms with van der Waals surface area (Å²) in [6, 6.07) is 6.07. The molecule has 2 N–H and O–H groups in total. The fourth-order valence-corrected chi connectivity index (χ4v) is 3.08. The smallest absolute Gasteiger partial charge is 0.221 e. The molecular formula is C16H21N3O. The highest BCUT2D eigenvalue weighted by atomic mass is 16.1. The molecule has 0 radical (unpaired) electrons. The minimum atomic E-state index is -0.0271. The number of amides is 1. The van der Waals surface area contributed by atoms with Crippen molar-refractivity contribution < 1.29 is 4.79 Å². The van der Waals surface area contributed by atoms with Crippen molar-refractivity contribution in [2.24, 2.45) is 0 Å². The Morgan fingerprint density at radius 2 is 2.10 bits per heavy atom. The maximum Gasteiger partial charge on any atom is 0.221 e. The molecule has 4 heteroatoms. The van der Waals surface area contributed by atoms with Gasteiger partial charge < -0.3 is 15.2 Å². The molecule has 0 atom stereocenters. The number of carbonyl (C=O) groups is 1. The lowest BCUT2D eigenvalue weighted by atomic mass is 9.89. The minimum absolute atomic E-state index is 0.0271. The number of anilines is 1. The van der Waals surface area contributed by atoms with Gasteiger partial charge in [-0.25, -0.2) is 0 Å². The number of hydrogen-bond donors (Lipinski definition) is 2. The van der Waals surface area contributed by atoms with Gasteiger partial charge in [0.05, 0.1) is 0 Å². The fourth-order valence-electron chi connectivity index (χ4n) is 3.08. The van der Waals surface area contributed by atoms with Crippen molar-refractivity contribution in [1.29, 1.82) is 0 Å². The first-order valence-electron chi connectivity index (χ1n) is 7.20. The molecule has 1 aromatic heterocycles. The van der Waals surface area contributed by atoms with Crippen LogP contribution < -0.4 is 5.32 Å². The molecule has 1 aliphatic heterocycles. The summed E-state index contributed by atoms with van der Waals surface area (Å²) in [5, 5.41) is 4.10. The van der Waals surface area contributed by atoms with E-state index in [1.807, 2.05) is 12.1 Å². The van der Waals surface area contributed by atoms with Gasteiger partial charge in [-0.3, -0.25) is 4.79 Å². The van der Waals surface area contributed by atoms with E-state index in [4.69, 9.17) is 0 Å². The molecule has 20 heavy (non-hydrogen) atoms. The number of likely N-dealkylation sites (tertiary alicyclic amines) is 1. The van der Waals surface area contributed by atoms with Crippen LogP contribution in [0.4, 0.5) is 5.69 Å². The SMILES string of the molecule is CC(=O)Nc1ccc2[nH]cc(C3CCN(C)CC3)c2c1. The topological polar surface area (TPSA) is 48.1 Å². The third kappa shape index (κ3) is 2.56. The van der Waals surface area contributed by atoms with Crippen LogP contribution in [0.5, 0.6) is 0 Å². The number of piperidine rings is 1. The predicted molar refractivity (Wildman–Crippen MR) is 82.1 cm³/mol. The quantitative estimate of drug-likeness (QED) is 0.882. The summed E-state index contributed by atoms with van der Waals surface area (Å²) in [5.74, 6) is 0.591. The fraction of sp³-hybridized carbons (Fsp3) is 0.438. The predicted octanol–water partition coefficient (Wildman–Crippen LogP) is 2.94. The van der Waals surface area contributed by atoms with E-state index < -0.39 is 0 Å². The van der Waals surface area contributed by atoms with E-state index in [2.05, 4.69) is 34.5 Å². The Bertz CT molecular complexity index is 624. The largest absolute Gasteiger partial charge is 0.361 e. The first kappa shape index (κ1) is 13.2. The van der Waals surface area contributed by atoms with Crippen molar-refractivity contribution in [1.82, 2.24) is 9.88 Å². The molecule has 0 spiro atoms. The van der Waals surface area contributed by atoms with Crippen LogP contribution in [0.3, 0.4) is 0 Å². The average molecular weight is 271 g/mol. The maximum absolute atomic E-state index is 11.2. The molecule has 0 saturated carbocycles. The Balaban J connectivity index is 1.92. The van der Waals surface area contributed by atoms with Crippen LogP contribution in [0, 0.1) is 0 Å². The molecule has 0 unspecified atom stereocenters. The van der Waals surface area contributed by atoms with Gasteiger partial charge in [0.2, 0.25) is 5.91 Å². The second kappa shape index (κ2) is 5.29. The molecule has 1 aromatic carbocycles. The number of H-pyrrole nitrogens is 1. The van der Waals surface area contributed by atoms with Crippen LogP contribution in [0.25, 0.3) is 10.9 Å². The van der Waals surface area contributed by atoms with E-state index in [1.165, 1.54) is 23.8 Å². The van der Waals surface area contributed by atoms with Gasteiger partial charge >= 0.3 is 0 Å². The van der Waals surface area contributed by atoms with Gasteiger partial charge in [-0.1, -0.05) is 0 Å². The molecule has 4 nitrogen and oxygen atoms in total. The number of rotatable bonds is 2. The molecule has 3 rings (SSSR count). The molecule has 1 saturated heterocycles. The van der Waals surface area contributed by atoms with Crippen LogP contribution in [-0.2, 0) is 4.79 Å². The Morgan fingerprint density at radius 1 is 1.35 bits per heavy atom. The first-order chi connectivity index (χ1) is 9.63. The Labute approximate surface area is 119 Å². The van der Waals surface area contributed by atoms with E-state index in [9.17, 15) is 4.79 Å². The van der Waals surface area contributed by atoms with Crippen LogP contribution >= 0.6 is 0 Å². The highest BCUT2D eigenvalue weighted by Crippen LogP contribution is 2.33. The summed E-state index contributed by atoms with van der Waals surface area (Å²) >= 11 is 0. The minimum Gasteiger partial charge on any atom is -0.361 e. The van der Waals surface area contributed by atoms with Gasteiger partial charge in [0.15, 0.2) is 0 Å². The number of hydrogen-bond acceptors (Lipinski definition) is 2. The van der Waals surface area contributed by atoms with Crippen molar-refractivity contribution >= 4 is 22.5 Å². The molecule has 106 valence electrons. The highest BCUT2D eigenvalue weighted by molar-refractivity contribution is 5.93. The zero-order valence-electron chi connectivity index (χ0n) is 12.1. The van der Waals surface area contributed by atoms with Crippen LogP contribution in [0.2, 0.25) is 0 Å². The zero-order chi connectivity index (χ0) is 14.1. The molecule has 0 aliphatic carbocycles. The molecule has 1 aliphatic rings. The lowest BCUT2D eigenvalue weighted by molar-refractivity contribution is -0.114. The number of nitrogens with zero attached hydrogens (tertiary/aromatic N) is 1. The number of aromatic amines is 1. The van der Waals surface area contributed by atoms with Crippen molar-refractivity contribution in [3.8, 4) is 0 Å². The van der Waals surface area contributed by atoms with Gasteiger partial charge in [-0.05, 0) is 62.7 Å². The lowest BCUT2D eigenvalue weighted by Gasteiger charge is -2.28. The molecule has 0 bridgehead atoms. The lowest BCUT2D eigenvalue weighted by Crippen LogP contribution is -2.29. The summed E-state index contributed by atoms with van der Waals surface area (Å²) in [6.45, 7) is 3.85. The number of benzene rings is 1. The average Bonchev–Trinajstić information content (AvgIpc) is 2.82. The molecule has 2 heterocycles. The Hall–Kier alpha value is -1.81. The van der Waals surface area contributed by atoms with E-state index >= 15 is 0 Å². The van der Waals surface area contributed by atoms with Crippen LogP contribution in [-0.4, -0.2) is 35.9 Å². The second-order valence-electron chi connectivity index (χ2n) is 5.76.